The van der Waals surface area contributed by atoms with E-state index in [0.29, 0.717) is 13.0 Å². The van der Waals surface area contributed by atoms with E-state index in [-0.39, 0.29) is 5.13 Å². The van der Waals surface area contributed by atoms with Crippen LogP contribution in [-0.2, 0) is 12.6 Å². The lowest BCUT2D eigenvalue weighted by Crippen LogP contribution is -2.30. The maximum atomic E-state index is 12.5. The highest BCUT2D eigenvalue weighted by Gasteiger charge is 2.33. The fourth-order valence-electron chi connectivity index (χ4n) is 2.03. The average Bonchev–Trinajstić information content (AvgIpc) is 3.27. The van der Waals surface area contributed by atoms with Crippen molar-refractivity contribution in [3.8, 4) is 10.6 Å². The summed E-state index contributed by atoms with van der Waals surface area (Å²) in [5.41, 5.74) is -0.0696. The van der Waals surface area contributed by atoms with Crippen LogP contribution in [0.3, 0.4) is 0 Å². The Morgan fingerprint density at radius 1 is 1.19 bits per heavy atom. The Labute approximate surface area is 158 Å². The van der Waals surface area contributed by atoms with Crippen LogP contribution in [0.15, 0.2) is 22.9 Å². The molecule has 138 valence electrons. The predicted octanol–water partition coefficient (Wildman–Crippen LogP) is 5.02. The van der Waals surface area contributed by atoms with Gasteiger partial charge in [-0.05, 0) is 25.5 Å². The van der Waals surface area contributed by atoms with Gasteiger partial charge in [-0.1, -0.05) is 0 Å². The molecule has 0 aliphatic heterocycles. The highest BCUT2D eigenvalue weighted by molar-refractivity contribution is 7.16. The topological polar surface area (TPSA) is 66.9 Å². The molecule has 0 atom stereocenters. The van der Waals surface area contributed by atoms with Crippen molar-refractivity contribution in [2.45, 2.75) is 19.5 Å². The number of amides is 2. The summed E-state index contributed by atoms with van der Waals surface area (Å²) in [6.07, 6.45) is -3.90. The summed E-state index contributed by atoms with van der Waals surface area (Å²) in [5.74, 6) is 0. The highest BCUT2D eigenvalue weighted by atomic mass is 32.1. The molecule has 11 heteroatoms. The number of rotatable bonds is 5. The molecule has 2 amide bonds. The normalized spacial score (nSPS) is 11.5. The number of alkyl halides is 3. The molecule has 3 rings (SSSR count). The number of thiazole rings is 2. The van der Waals surface area contributed by atoms with Crippen molar-refractivity contribution in [1.29, 1.82) is 0 Å². The first-order chi connectivity index (χ1) is 12.3. The van der Waals surface area contributed by atoms with Crippen LogP contribution in [0.5, 0.6) is 0 Å². The third kappa shape index (κ3) is 4.80. The van der Waals surface area contributed by atoms with E-state index in [4.69, 9.17) is 0 Å². The second-order valence-electron chi connectivity index (χ2n) is 5.18. The Hall–Kier alpha value is -1.98. The molecule has 3 aromatic heterocycles. The quantitative estimate of drug-likeness (QED) is 0.611. The molecule has 26 heavy (non-hydrogen) atoms. The van der Waals surface area contributed by atoms with Crippen LogP contribution < -0.4 is 10.6 Å². The molecule has 5 nitrogen and oxygen atoms in total. The van der Waals surface area contributed by atoms with Crippen LogP contribution in [0.1, 0.15) is 15.6 Å². The van der Waals surface area contributed by atoms with E-state index in [2.05, 4.69) is 20.6 Å². The number of anilines is 1. The second-order valence-corrected chi connectivity index (χ2v) is 8.27. The number of aryl methyl sites for hydroxylation is 1. The van der Waals surface area contributed by atoms with Gasteiger partial charge in [0, 0.05) is 22.2 Å². The summed E-state index contributed by atoms with van der Waals surface area (Å²) in [7, 11) is 0. The van der Waals surface area contributed by atoms with E-state index in [0.717, 1.165) is 37.2 Å². The van der Waals surface area contributed by atoms with Gasteiger partial charge in [-0.25, -0.2) is 14.8 Å². The molecule has 0 unspecified atom stereocenters. The smallest absolute Gasteiger partial charge is 0.337 e. The third-order valence-corrected chi connectivity index (χ3v) is 5.90. The zero-order chi connectivity index (χ0) is 18.7. The van der Waals surface area contributed by atoms with Crippen LogP contribution in [0.25, 0.3) is 10.6 Å². The van der Waals surface area contributed by atoms with E-state index < -0.39 is 17.9 Å². The van der Waals surface area contributed by atoms with Crippen LogP contribution in [0.2, 0.25) is 0 Å². The molecule has 0 aliphatic rings. The molecule has 0 aromatic carbocycles. The van der Waals surface area contributed by atoms with Crippen LogP contribution in [0.4, 0.5) is 23.1 Å². The first-order valence-electron chi connectivity index (χ1n) is 7.40. The van der Waals surface area contributed by atoms with E-state index in [9.17, 15) is 18.0 Å². The number of carbonyl (C=O) groups is 1. The first kappa shape index (κ1) is 18.8. The van der Waals surface area contributed by atoms with Crippen molar-refractivity contribution in [3.05, 3.63) is 38.5 Å². The molecule has 3 aromatic rings. The minimum atomic E-state index is -4.51. The number of aromatic nitrogens is 2. The average molecular weight is 418 g/mol. The summed E-state index contributed by atoms with van der Waals surface area (Å²) in [4.78, 5) is 21.7. The molecular weight excluding hydrogens is 405 g/mol. The Kier molecular flexibility index (Phi) is 5.58. The number of carbonyl (C=O) groups excluding carboxylic acids is 1. The van der Waals surface area contributed by atoms with E-state index in [1.54, 1.807) is 22.7 Å². The SMILES string of the molecule is Cc1nc(-c2ccc(CCNC(=O)Nc3nc(C(F)(F)F)cs3)s2)cs1. The van der Waals surface area contributed by atoms with Gasteiger partial charge in [-0.15, -0.1) is 34.0 Å². The van der Waals surface area contributed by atoms with Crippen LogP contribution >= 0.6 is 34.0 Å². The zero-order valence-electron chi connectivity index (χ0n) is 13.4. The summed E-state index contributed by atoms with van der Waals surface area (Å²) in [6, 6.07) is 3.38. The maximum Gasteiger partial charge on any atom is 0.434 e. The van der Waals surface area contributed by atoms with E-state index >= 15 is 0 Å². The molecule has 0 fully saturated rings. The summed E-state index contributed by atoms with van der Waals surface area (Å²) in [6.45, 7) is 2.31. The van der Waals surface area contributed by atoms with Gasteiger partial charge in [-0.2, -0.15) is 13.2 Å². The largest absolute Gasteiger partial charge is 0.434 e. The Balaban J connectivity index is 1.47. The first-order valence-corrected chi connectivity index (χ1v) is 9.97. The molecular formula is C15H13F3N4OS3. The summed E-state index contributed by atoms with van der Waals surface area (Å²) >= 11 is 3.92. The number of hydrogen-bond acceptors (Lipinski definition) is 6. The van der Waals surface area contributed by atoms with Crippen molar-refractivity contribution in [2.75, 3.05) is 11.9 Å². The van der Waals surface area contributed by atoms with Crippen molar-refractivity contribution in [2.24, 2.45) is 0 Å². The number of urea groups is 1. The molecule has 0 radical (unpaired) electrons. The molecule has 0 saturated heterocycles. The standard InChI is InChI=1S/C15H13F3N4OS3/c1-8-20-10(6-24-8)11-3-2-9(26-11)4-5-19-13(23)22-14-21-12(7-25-14)15(16,17)18/h2-3,6-7H,4-5H2,1H3,(H2,19,21,22,23). The molecule has 0 saturated carbocycles. The van der Waals surface area contributed by atoms with Gasteiger partial charge in [0.1, 0.15) is 0 Å². The molecule has 0 spiro atoms. The molecule has 0 bridgehead atoms. The highest BCUT2D eigenvalue weighted by Crippen LogP contribution is 2.31. The Morgan fingerprint density at radius 2 is 2.00 bits per heavy atom. The number of thiophene rings is 1. The lowest BCUT2D eigenvalue weighted by atomic mass is 10.3. The molecule has 2 N–H and O–H groups in total. The number of hydrogen-bond donors (Lipinski definition) is 2. The Morgan fingerprint density at radius 3 is 2.65 bits per heavy atom. The number of nitrogens with one attached hydrogen (secondary N) is 2. The Bertz CT molecular complexity index is 900. The minimum Gasteiger partial charge on any atom is -0.337 e. The van der Waals surface area contributed by atoms with Crippen LogP contribution in [0, 0.1) is 6.92 Å². The zero-order valence-corrected chi connectivity index (χ0v) is 15.8. The van der Waals surface area contributed by atoms with Gasteiger partial charge in [0.2, 0.25) is 0 Å². The monoisotopic (exact) mass is 418 g/mol. The van der Waals surface area contributed by atoms with Crippen molar-refractivity contribution in [3.63, 3.8) is 0 Å². The lowest BCUT2D eigenvalue weighted by molar-refractivity contribution is -0.140. The van der Waals surface area contributed by atoms with Crippen LogP contribution in [-0.4, -0.2) is 22.5 Å². The molecule has 0 aliphatic carbocycles. The number of halogens is 3. The van der Waals surface area contributed by atoms with Crippen molar-refractivity contribution < 1.29 is 18.0 Å². The van der Waals surface area contributed by atoms with Gasteiger partial charge in [-0.3, -0.25) is 5.32 Å². The van der Waals surface area contributed by atoms with Gasteiger partial charge in [0.05, 0.1) is 15.6 Å². The van der Waals surface area contributed by atoms with Crippen molar-refractivity contribution in [1.82, 2.24) is 15.3 Å². The van der Waals surface area contributed by atoms with Gasteiger partial charge in [0.15, 0.2) is 10.8 Å². The summed E-state index contributed by atoms with van der Waals surface area (Å²) in [5, 5.41) is 8.69. The van der Waals surface area contributed by atoms with Crippen molar-refractivity contribution >= 4 is 45.2 Å². The van der Waals surface area contributed by atoms with E-state index in [1.807, 2.05) is 24.4 Å². The third-order valence-electron chi connectivity index (χ3n) is 3.21. The fourth-order valence-corrected chi connectivity index (χ4v) is 4.40. The van der Waals surface area contributed by atoms with Gasteiger partial charge < -0.3 is 5.32 Å². The number of nitrogens with zero attached hydrogens (tertiary/aromatic N) is 2. The predicted molar refractivity (Wildman–Crippen MR) is 98.0 cm³/mol. The fraction of sp³-hybridized carbons (Fsp3) is 0.267. The lowest BCUT2D eigenvalue weighted by Gasteiger charge is -2.04. The maximum absolute atomic E-state index is 12.5. The summed E-state index contributed by atoms with van der Waals surface area (Å²) < 4.78 is 37.4. The second kappa shape index (κ2) is 7.72. The van der Waals surface area contributed by atoms with Gasteiger partial charge >= 0.3 is 12.2 Å². The van der Waals surface area contributed by atoms with Gasteiger partial charge in [0.25, 0.3) is 0 Å². The minimum absolute atomic E-state index is 0.0906. The molecule has 3 heterocycles. The van der Waals surface area contributed by atoms with E-state index in [1.165, 1.54) is 0 Å².